The number of anilines is 5. The van der Waals surface area contributed by atoms with E-state index in [0.29, 0.717) is 34.5 Å². The van der Waals surface area contributed by atoms with Crippen LogP contribution in [0.1, 0.15) is 37.4 Å². The number of nitrogens with two attached hydrogens (primary N) is 1. The van der Waals surface area contributed by atoms with Crippen molar-refractivity contribution in [1.82, 2.24) is 15.0 Å². The van der Waals surface area contributed by atoms with Crippen LogP contribution in [0.3, 0.4) is 0 Å². The Labute approximate surface area is 191 Å². The Morgan fingerprint density at radius 2 is 1.94 bits per heavy atom. The van der Waals surface area contributed by atoms with E-state index >= 15 is 0 Å². The monoisotopic (exact) mass is 455 g/mol. The van der Waals surface area contributed by atoms with E-state index in [1.165, 1.54) is 6.20 Å². The molecule has 5 rings (SSSR count). The molecule has 3 heterocycles. The first-order chi connectivity index (χ1) is 15.6. The first kappa shape index (κ1) is 20.8. The molecule has 32 heavy (non-hydrogen) atoms. The minimum atomic E-state index is 0.286. The second-order valence-corrected chi connectivity index (χ2v) is 8.60. The van der Waals surface area contributed by atoms with Gasteiger partial charge in [0.2, 0.25) is 5.95 Å². The third kappa shape index (κ3) is 4.58. The van der Waals surface area contributed by atoms with Crippen molar-refractivity contribution in [1.29, 1.82) is 0 Å². The molecule has 1 aliphatic heterocycles. The van der Waals surface area contributed by atoms with Crippen LogP contribution < -0.4 is 26.0 Å². The molecule has 0 amide bonds. The fraction of sp³-hybridized carbons (Fsp3) is 0.409. The van der Waals surface area contributed by atoms with Crippen LogP contribution >= 0.6 is 11.6 Å². The van der Waals surface area contributed by atoms with E-state index in [1.807, 2.05) is 12.1 Å². The van der Waals surface area contributed by atoms with E-state index in [9.17, 15) is 0 Å². The third-order valence-corrected chi connectivity index (χ3v) is 6.09. The van der Waals surface area contributed by atoms with Crippen molar-refractivity contribution in [3.05, 3.63) is 41.4 Å². The SMILES string of the molecule is COc1cc(N2CCC(N)CC2)ccc1Nc1nc(Nc2ncc(C3CC3)o2)ncc1Cl. The Kier molecular flexibility index (Phi) is 5.75. The fourth-order valence-corrected chi connectivity index (χ4v) is 3.92. The molecule has 2 aromatic heterocycles. The number of hydrogen-bond donors (Lipinski definition) is 3. The van der Waals surface area contributed by atoms with Crippen molar-refractivity contribution < 1.29 is 9.15 Å². The van der Waals surface area contributed by atoms with E-state index in [-0.39, 0.29) is 6.04 Å². The molecule has 2 fully saturated rings. The molecular weight excluding hydrogens is 430 g/mol. The highest BCUT2D eigenvalue weighted by Gasteiger charge is 2.27. The average Bonchev–Trinajstić information content (AvgIpc) is 3.56. The van der Waals surface area contributed by atoms with Gasteiger partial charge in [-0.2, -0.15) is 4.98 Å². The minimum absolute atomic E-state index is 0.286. The highest BCUT2D eigenvalue weighted by molar-refractivity contribution is 6.32. The Morgan fingerprint density at radius 1 is 1.12 bits per heavy atom. The number of hydrogen-bond acceptors (Lipinski definition) is 9. The molecule has 1 saturated heterocycles. The number of methoxy groups -OCH3 is 1. The summed E-state index contributed by atoms with van der Waals surface area (Å²) in [5.41, 5.74) is 7.89. The Hall–Kier alpha value is -3.04. The lowest BCUT2D eigenvalue weighted by molar-refractivity contribution is 0.416. The summed E-state index contributed by atoms with van der Waals surface area (Å²) in [7, 11) is 1.64. The minimum Gasteiger partial charge on any atom is -0.494 e. The van der Waals surface area contributed by atoms with Gasteiger partial charge in [0.05, 0.1) is 25.2 Å². The molecule has 3 aromatic rings. The van der Waals surface area contributed by atoms with Gasteiger partial charge < -0.3 is 25.1 Å². The normalized spacial score (nSPS) is 16.8. The van der Waals surface area contributed by atoms with Gasteiger partial charge in [-0.1, -0.05) is 11.6 Å². The van der Waals surface area contributed by atoms with Gasteiger partial charge in [0.1, 0.15) is 16.5 Å². The summed E-state index contributed by atoms with van der Waals surface area (Å²) in [5, 5.41) is 6.64. The summed E-state index contributed by atoms with van der Waals surface area (Å²) in [5.74, 6) is 2.86. The Bertz CT molecular complexity index is 1090. The molecule has 4 N–H and O–H groups in total. The van der Waals surface area contributed by atoms with Gasteiger partial charge in [-0.05, 0) is 37.8 Å². The van der Waals surface area contributed by atoms with E-state index in [4.69, 9.17) is 26.5 Å². The van der Waals surface area contributed by atoms with E-state index in [1.54, 1.807) is 13.3 Å². The Morgan fingerprint density at radius 3 is 2.69 bits per heavy atom. The molecule has 0 radical (unpaired) electrons. The molecule has 0 unspecified atom stereocenters. The number of oxazole rings is 1. The maximum atomic E-state index is 6.35. The fourth-order valence-electron chi connectivity index (χ4n) is 3.78. The predicted octanol–water partition coefficient (Wildman–Crippen LogP) is 4.42. The maximum absolute atomic E-state index is 6.35. The number of piperidine rings is 1. The number of halogens is 1. The highest BCUT2D eigenvalue weighted by atomic mass is 35.5. The zero-order valence-electron chi connectivity index (χ0n) is 17.8. The van der Waals surface area contributed by atoms with E-state index in [0.717, 1.165) is 55.9 Å². The second kappa shape index (κ2) is 8.84. The zero-order valence-corrected chi connectivity index (χ0v) is 18.6. The van der Waals surface area contributed by atoms with Gasteiger partial charge >= 0.3 is 6.01 Å². The standard InChI is InChI=1S/C22H26ClN7O2/c1-31-18-10-15(30-8-6-14(24)7-9-30)4-5-17(18)27-20-16(23)11-25-21(28-20)29-22-26-12-19(32-22)13-2-3-13/h4-5,10-14H,2-3,6-9,24H2,1H3,(H2,25,26,27,28,29). The molecule has 0 spiro atoms. The topological polar surface area (TPSA) is 114 Å². The van der Waals surface area contributed by atoms with Gasteiger partial charge in [0.25, 0.3) is 0 Å². The summed E-state index contributed by atoms with van der Waals surface area (Å²) in [6.07, 6.45) is 7.54. The maximum Gasteiger partial charge on any atom is 0.301 e. The molecule has 0 bridgehead atoms. The number of ether oxygens (including phenoxy) is 1. The van der Waals surface area contributed by atoms with E-state index < -0.39 is 0 Å². The van der Waals surface area contributed by atoms with Crippen LogP contribution in [0.4, 0.5) is 29.2 Å². The van der Waals surface area contributed by atoms with E-state index in [2.05, 4.69) is 36.6 Å². The molecule has 0 atom stereocenters. The van der Waals surface area contributed by atoms with Crippen LogP contribution in [-0.2, 0) is 0 Å². The zero-order chi connectivity index (χ0) is 22.1. The van der Waals surface area contributed by atoms with Gasteiger partial charge in [0, 0.05) is 36.8 Å². The second-order valence-electron chi connectivity index (χ2n) is 8.19. The number of aromatic nitrogens is 3. The number of nitrogens with zero attached hydrogens (tertiary/aromatic N) is 4. The molecule has 168 valence electrons. The molecular formula is C22H26ClN7O2. The lowest BCUT2D eigenvalue weighted by Crippen LogP contribution is -2.39. The highest BCUT2D eigenvalue weighted by Crippen LogP contribution is 2.41. The Balaban J connectivity index is 1.32. The molecule has 9 nitrogen and oxygen atoms in total. The summed E-state index contributed by atoms with van der Waals surface area (Å²) in [6.45, 7) is 1.88. The number of rotatable bonds is 7. The molecule has 10 heteroatoms. The van der Waals surface area contributed by atoms with Gasteiger partial charge in [-0.25, -0.2) is 9.97 Å². The van der Waals surface area contributed by atoms with Crippen LogP contribution in [-0.4, -0.2) is 41.2 Å². The van der Waals surface area contributed by atoms with Crippen molar-refractivity contribution in [2.24, 2.45) is 5.73 Å². The lowest BCUT2D eigenvalue weighted by Gasteiger charge is -2.32. The third-order valence-electron chi connectivity index (χ3n) is 5.81. The van der Waals surface area contributed by atoms with Crippen LogP contribution in [0.2, 0.25) is 5.02 Å². The van der Waals surface area contributed by atoms with Gasteiger partial charge in [-0.15, -0.1) is 0 Å². The van der Waals surface area contributed by atoms with Crippen LogP contribution in [0.5, 0.6) is 5.75 Å². The summed E-state index contributed by atoms with van der Waals surface area (Å²) in [6, 6.07) is 6.68. The van der Waals surface area contributed by atoms with Gasteiger partial charge in [-0.3, -0.25) is 5.32 Å². The van der Waals surface area contributed by atoms with Crippen LogP contribution in [0, 0.1) is 0 Å². The van der Waals surface area contributed by atoms with Crippen molar-refractivity contribution in [2.75, 3.05) is 35.7 Å². The number of nitrogens with one attached hydrogen (secondary N) is 2. The largest absolute Gasteiger partial charge is 0.494 e. The van der Waals surface area contributed by atoms with Crippen molar-refractivity contribution in [2.45, 2.75) is 37.6 Å². The first-order valence-electron chi connectivity index (χ1n) is 10.8. The lowest BCUT2D eigenvalue weighted by atomic mass is 10.1. The molecule has 1 aromatic carbocycles. The predicted molar refractivity (Wildman–Crippen MR) is 125 cm³/mol. The quantitative estimate of drug-likeness (QED) is 0.476. The first-order valence-corrected chi connectivity index (χ1v) is 11.2. The summed E-state index contributed by atoms with van der Waals surface area (Å²) in [4.78, 5) is 15.3. The van der Waals surface area contributed by atoms with Crippen molar-refractivity contribution in [3.63, 3.8) is 0 Å². The smallest absolute Gasteiger partial charge is 0.301 e. The van der Waals surface area contributed by atoms with Crippen molar-refractivity contribution in [3.8, 4) is 5.75 Å². The van der Waals surface area contributed by atoms with Gasteiger partial charge in [0.15, 0.2) is 5.82 Å². The molecule has 1 saturated carbocycles. The molecule has 2 aliphatic rings. The summed E-state index contributed by atoms with van der Waals surface area (Å²) >= 11 is 6.35. The summed E-state index contributed by atoms with van der Waals surface area (Å²) < 4.78 is 11.4. The average molecular weight is 456 g/mol. The number of benzene rings is 1. The molecule has 1 aliphatic carbocycles. The van der Waals surface area contributed by atoms with Crippen LogP contribution in [0.15, 0.2) is 35.0 Å². The van der Waals surface area contributed by atoms with Crippen molar-refractivity contribution >= 4 is 40.8 Å². The van der Waals surface area contributed by atoms with Crippen LogP contribution in [0.25, 0.3) is 0 Å².